The first kappa shape index (κ1) is 13.5. The van der Waals surface area contributed by atoms with Gasteiger partial charge in [-0.05, 0) is 46.2 Å². The number of piperidine rings is 1. The normalized spacial score (nSPS) is 21.5. The van der Waals surface area contributed by atoms with Crippen LogP contribution in [-0.2, 0) is 4.79 Å². The molecule has 0 aromatic rings. The van der Waals surface area contributed by atoms with E-state index < -0.39 is 0 Å². The summed E-state index contributed by atoms with van der Waals surface area (Å²) in [6, 6.07) is 0.445. The smallest absolute Gasteiger partial charge is 0.236 e. The van der Waals surface area contributed by atoms with Crippen LogP contribution in [0.5, 0.6) is 0 Å². The van der Waals surface area contributed by atoms with Gasteiger partial charge in [-0.1, -0.05) is 13.3 Å². The van der Waals surface area contributed by atoms with Crippen LogP contribution in [0.1, 0.15) is 46.0 Å². The Balaban J connectivity index is 2.32. The highest BCUT2D eigenvalue weighted by atomic mass is 16.2. The second kappa shape index (κ2) is 6.89. The third-order valence-corrected chi connectivity index (χ3v) is 3.42. The molecule has 0 radical (unpaired) electrons. The molecule has 3 nitrogen and oxygen atoms in total. The lowest BCUT2D eigenvalue weighted by molar-refractivity contribution is -0.135. The second-order valence-corrected chi connectivity index (χ2v) is 5.02. The number of carbonyl (C=O) groups is 1. The van der Waals surface area contributed by atoms with Crippen LogP contribution < -0.4 is 0 Å². The Hall–Kier alpha value is -0.570. The van der Waals surface area contributed by atoms with E-state index in [-0.39, 0.29) is 0 Å². The minimum atomic E-state index is 0.311. The van der Waals surface area contributed by atoms with Gasteiger partial charge in [0.1, 0.15) is 0 Å². The highest BCUT2D eigenvalue weighted by molar-refractivity contribution is 5.78. The van der Waals surface area contributed by atoms with E-state index in [0.717, 1.165) is 13.1 Å². The first-order chi connectivity index (χ1) is 7.65. The quantitative estimate of drug-likeness (QED) is 0.717. The summed E-state index contributed by atoms with van der Waals surface area (Å²) < 4.78 is 0. The summed E-state index contributed by atoms with van der Waals surface area (Å²) in [7, 11) is 2.04. The molecule has 1 unspecified atom stereocenters. The summed E-state index contributed by atoms with van der Waals surface area (Å²) in [4.78, 5) is 16.3. The van der Waals surface area contributed by atoms with E-state index in [2.05, 4.69) is 23.6 Å². The number of likely N-dealkylation sites (tertiary alicyclic amines) is 1. The van der Waals surface area contributed by atoms with Crippen molar-refractivity contribution in [2.75, 3.05) is 26.7 Å². The van der Waals surface area contributed by atoms with Gasteiger partial charge in [0.15, 0.2) is 0 Å². The average Bonchev–Trinajstić information content (AvgIpc) is 2.26. The van der Waals surface area contributed by atoms with Gasteiger partial charge in [-0.2, -0.15) is 0 Å². The van der Waals surface area contributed by atoms with Crippen LogP contribution in [0, 0.1) is 0 Å². The zero-order valence-corrected chi connectivity index (χ0v) is 11.0. The molecular weight excluding hydrogens is 200 g/mol. The van der Waals surface area contributed by atoms with E-state index in [4.69, 9.17) is 0 Å². The van der Waals surface area contributed by atoms with Crippen molar-refractivity contribution < 1.29 is 4.79 Å². The molecule has 1 rings (SSSR count). The van der Waals surface area contributed by atoms with Crippen LogP contribution in [0.3, 0.4) is 0 Å². The van der Waals surface area contributed by atoms with Gasteiger partial charge in [-0.15, -0.1) is 0 Å². The fraction of sp³-hybridized carbons (Fsp3) is 0.923. The van der Waals surface area contributed by atoms with Gasteiger partial charge < -0.3 is 4.90 Å². The highest BCUT2D eigenvalue weighted by Crippen LogP contribution is 2.16. The lowest BCUT2D eigenvalue weighted by Crippen LogP contribution is -2.46. The third-order valence-electron chi connectivity index (χ3n) is 3.42. The first-order valence-corrected chi connectivity index (χ1v) is 6.63. The van der Waals surface area contributed by atoms with Gasteiger partial charge >= 0.3 is 0 Å². The Kier molecular flexibility index (Phi) is 5.81. The van der Waals surface area contributed by atoms with Crippen molar-refractivity contribution in [1.29, 1.82) is 0 Å². The monoisotopic (exact) mass is 226 g/mol. The van der Waals surface area contributed by atoms with Gasteiger partial charge in [0, 0.05) is 12.6 Å². The number of rotatable bonds is 5. The lowest BCUT2D eigenvalue weighted by atomic mass is 10.0. The van der Waals surface area contributed by atoms with Crippen LogP contribution in [0.2, 0.25) is 0 Å². The molecule has 16 heavy (non-hydrogen) atoms. The third kappa shape index (κ3) is 4.12. The topological polar surface area (TPSA) is 23.6 Å². The zero-order chi connectivity index (χ0) is 12.0. The van der Waals surface area contributed by atoms with Gasteiger partial charge in [0.25, 0.3) is 0 Å². The van der Waals surface area contributed by atoms with Crippen molar-refractivity contribution in [1.82, 2.24) is 9.80 Å². The molecular formula is C13H26N2O. The predicted molar refractivity (Wildman–Crippen MR) is 67.4 cm³/mol. The van der Waals surface area contributed by atoms with Crippen molar-refractivity contribution >= 4 is 5.91 Å². The molecule has 0 saturated carbocycles. The number of likely N-dealkylation sites (N-methyl/N-ethyl adjacent to an activating group) is 1. The van der Waals surface area contributed by atoms with Crippen molar-refractivity contribution in [3.8, 4) is 0 Å². The molecule has 1 fully saturated rings. The highest BCUT2D eigenvalue weighted by Gasteiger charge is 2.23. The van der Waals surface area contributed by atoms with E-state index in [0.29, 0.717) is 18.5 Å². The largest absolute Gasteiger partial charge is 0.339 e. The van der Waals surface area contributed by atoms with Crippen LogP contribution in [0.4, 0.5) is 0 Å². The molecule has 0 aromatic carbocycles. The Morgan fingerprint density at radius 3 is 2.81 bits per heavy atom. The van der Waals surface area contributed by atoms with E-state index in [9.17, 15) is 4.79 Å². The molecule has 1 saturated heterocycles. The molecule has 1 atom stereocenters. The molecule has 0 aromatic heterocycles. The Labute approximate surface area is 99.8 Å². The van der Waals surface area contributed by atoms with Gasteiger partial charge in [0.2, 0.25) is 5.91 Å². The minimum absolute atomic E-state index is 0.311. The van der Waals surface area contributed by atoms with Crippen LogP contribution >= 0.6 is 0 Å². The Morgan fingerprint density at radius 2 is 2.19 bits per heavy atom. The molecule has 0 spiro atoms. The molecule has 94 valence electrons. The summed E-state index contributed by atoms with van der Waals surface area (Å²) in [6.07, 6.45) is 5.99. The molecule has 3 heteroatoms. The molecule has 0 N–H and O–H groups in total. The summed E-state index contributed by atoms with van der Waals surface area (Å²) in [6.45, 7) is 6.93. The number of carbonyl (C=O) groups excluding carboxylic acids is 1. The van der Waals surface area contributed by atoms with Crippen molar-refractivity contribution in [2.24, 2.45) is 0 Å². The Morgan fingerprint density at radius 1 is 1.44 bits per heavy atom. The number of unbranched alkanes of at least 4 members (excludes halogenated alkanes) is 1. The summed E-state index contributed by atoms with van der Waals surface area (Å²) in [5, 5.41) is 0. The molecule has 1 aliphatic rings. The summed E-state index contributed by atoms with van der Waals surface area (Å²) >= 11 is 0. The minimum Gasteiger partial charge on any atom is -0.339 e. The van der Waals surface area contributed by atoms with Crippen LogP contribution in [0.15, 0.2) is 0 Å². The maximum Gasteiger partial charge on any atom is 0.236 e. The first-order valence-electron chi connectivity index (χ1n) is 6.63. The number of hydrogen-bond acceptors (Lipinski definition) is 2. The van der Waals surface area contributed by atoms with E-state index in [1.807, 2.05) is 7.05 Å². The number of amides is 1. The average molecular weight is 226 g/mol. The lowest BCUT2D eigenvalue weighted by Gasteiger charge is -2.34. The zero-order valence-electron chi connectivity index (χ0n) is 11.0. The fourth-order valence-electron chi connectivity index (χ4n) is 2.30. The van der Waals surface area contributed by atoms with E-state index >= 15 is 0 Å². The van der Waals surface area contributed by atoms with Gasteiger partial charge in [-0.25, -0.2) is 0 Å². The van der Waals surface area contributed by atoms with Crippen LogP contribution in [-0.4, -0.2) is 48.4 Å². The van der Waals surface area contributed by atoms with Crippen LogP contribution in [0.25, 0.3) is 0 Å². The number of nitrogens with zero attached hydrogens (tertiary/aromatic N) is 2. The van der Waals surface area contributed by atoms with Crippen molar-refractivity contribution in [3.05, 3.63) is 0 Å². The molecule has 1 amide bonds. The van der Waals surface area contributed by atoms with E-state index in [1.54, 1.807) is 0 Å². The van der Waals surface area contributed by atoms with Gasteiger partial charge in [-0.3, -0.25) is 9.69 Å². The number of hydrogen-bond donors (Lipinski definition) is 0. The van der Waals surface area contributed by atoms with Crippen molar-refractivity contribution in [2.45, 2.75) is 52.0 Å². The molecule has 1 aliphatic heterocycles. The van der Waals surface area contributed by atoms with Gasteiger partial charge in [0.05, 0.1) is 6.54 Å². The summed E-state index contributed by atoms with van der Waals surface area (Å²) in [5.41, 5.74) is 0. The Bertz CT molecular complexity index is 218. The SMILES string of the molecule is CCCCN(C)CC(=O)N1CCCCC1C. The van der Waals surface area contributed by atoms with E-state index in [1.165, 1.54) is 32.1 Å². The molecule has 1 heterocycles. The molecule has 0 bridgehead atoms. The maximum absolute atomic E-state index is 12.1. The standard InChI is InChI=1S/C13H26N2O/c1-4-5-9-14(3)11-13(16)15-10-7-6-8-12(15)2/h12H,4-11H2,1-3H3. The second-order valence-electron chi connectivity index (χ2n) is 5.02. The fourth-order valence-corrected chi connectivity index (χ4v) is 2.30. The predicted octanol–water partition coefficient (Wildman–Crippen LogP) is 2.12. The maximum atomic E-state index is 12.1. The molecule has 0 aliphatic carbocycles. The van der Waals surface area contributed by atoms with Crippen molar-refractivity contribution in [3.63, 3.8) is 0 Å². The summed E-state index contributed by atoms with van der Waals surface area (Å²) in [5.74, 6) is 0.311.